The highest BCUT2D eigenvalue weighted by Gasteiger charge is 2.37. The zero-order valence-corrected chi connectivity index (χ0v) is 13.8. The van der Waals surface area contributed by atoms with E-state index in [-0.39, 0.29) is 18.4 Å². The van der Waals surface area contributed by atoms with E-state index in [1.165, 1.54) is 6.20 Å². The number of hydrogen-bond acceptors (Lipinski definition) is 3. The van der Waals surface area contributed by atoms with Crippen LogP contribution in [-0.4, -0.2) is 23.0 Å². The number of fused-ring (bicyclic) bond motifs is 1. The summed E-state index contributed by atoms with van der Waals surface area (Å²) in [4.78, 5) is 30.1. The maximum atomic E-state index is 12.9. The lowest BCUT2D eigenvalue weighted by Crippen LogP contribution is -2.54. The van der Waals surface area contributed by atoms with E-state index in [4.69, 9.17) is 17.3 Å². The topological polar surface area (TPSA) is 88.3 Å². The fourth-order valence-corrected chi connectivity index (χ4v) is 3.11. The molecule has 3 N–H and O–H groups in total. The molecule has 0 unspecified atom stereocenters. The summed E-state index contributed by atoms with van der Waals surface area (Å²) in [5.74, 6) is -0.235. The van der Waals surface area contributed by atoms with Gasteiger partial charge in [0.15, 0.2) is 0 Å². The zero-order chi connectivity index (χ0) is 17.3. The molecule has 2 atom stereocenters. The number of primary amides is 1. The number of hydrogen-bond donors (Lipinski definition) is 2. The van der Waals surface area contributed by atoms with Crippen molar-refractivity contribution in [2.45, 2.75) is 25.4 Å². The third-order valence-corrected chi connectivity index (χ3v) is 4.30. The molecule has 6 nitrogen and oxygen atoms in total. The van der Waals surface area contributed by atoms with Crippen molar-refractivity contribution < 1.29 is 9.59 Å². The maximum absolute atomic E-state index is 12.9. The van der Waals surface area contributed by atoms with E-state index in [9.17, 15) is 9.59 Å². The van der Waals surface area contributed by atoms with E-state index >= 15 is 0 Å². The molecule has 0 radical (unpaired) electrons. The number of amides is 3. The molecule has 1 aromatic heterocycles. The smallest absolute Gasteiger partial charge is 0.312 e. The second-order valence-electron chi connectivity index (χ2n) is 5.68. The molecule has 0 saturated heterocycles. The fraction of sp³-hybridized carbons (Fsp3) is 0.235. The summed E-state index contributed by atoms with van der Waals surface area (Å²) in [7, 11) is 0. The van der Waals surface area contributed by atoms with Crippen molar-refractivity contribution in [3.05, 3.63) is 58.9 Å². The van der Waals surface area contributed by atoms with Gasteiger partial charge in [0.25, 0.3) is 5.91 Å². The first-order valence-electron chi connectivity index (χ1n) is 7.56. The van der Waals surface area contributed by atoms with Crippen molar-refractivity contribution in [3.63, 3.8) is 0 Å². The Kier molecular flexibility index (Phi) is 4.40. The van der Waals surface area contributed by atoms with Crippen LogP contribution in [0.3, 0.4) is 0 Å². The van der Waals surface area contributed by atoms with Gasteiger partial charge >= 0.3 is 6.03 Å². The number of aromatic nitrogens is 1. The number of halogens is 1. The van der Waals surface area contributed by atoms with Crippen LogP contribution < -0.4 is 16.0 Å². The predicted octanol–water partition coefficient (Wildman–Crippen LogP) is 2.42. The predicted molar refractivity (Wildman–Crippen MR) is 91.8 cm³/mol. The van der Waals surface area contributed by atoms with Crippen LogP contribution in [0.15, 0.2) is 42.6 Å². The minimum Gasteiger partial charge on any atom is -0.352 e. The van der Waals surface area contributed by atoms with Gasteiger partial charge in [0, 0.05) is 12.6 Å². The van der Waals surface area contributed by atoms with Crippen molar-refractivity contribution in [1.82, 2.24) is 10.3 Å². The largest absolute Gasteiger partial charge is 0.352 e. The average molecular weight is 345 g/mol. The fourth-order valence-electron chi connectivity index (χ4n) is 2.95. The lowest BCUT2D eigenvalue weighted by Gasteiger charge is -2.37. The van der Waals surface area contributed by atoms with E-state index in [2.05, 4.69) is 10.3 Å². The van der Waals surface area contributed by atoms with E-state index in [0.717, 1.165) is 5.56 Å². The van der Waals surface area contributed by atoms with E-state index in [1.807, 2.05) is 37.3 Å². The van der Waals surface area contributed by atoms with Gasteiger partial charge < -0.3 is 16.0 Å². The van der Waals surface area contributed by atoms with Gasteiger partial charge in [0.1, 0.15) is 6.04 Å². The van der Waals surface area contributed by atoms with E-state index < -0.39 is 12.1 Å². The summed E-state index contributed by atoms with van der Waals surface area (Å²) >= 11 is 6.07. The molecular weight excluding hydrogens is 328 g/mol. The number of rotatable bonds is 3. The van der Waals surface area contributed by atoms with E-state index in [0.29, 0.717) is 16.4 Å². The van der Waals surface area contributed by atoms with Gasteiger partial charge in [-0.15, -0.1) is 0 Å². The molecule has 0 aliphatic carbocycles. The normalized spacial score (nSPS) is 18.0. The molecule has 1 aliphatic rings. The summed E-state index contributed by atoms with van der Waals surface area (Å²) in [5, 5.41) is 2.95. The Morgan fingerprint density at radius 2 is 2.12 bits per heavy atom. The van der Waals surface area contributed by atoms with Gasteiger partial charge in [0.2, 0.25) is 0 Å². The number of carbonyl (C=O) groups is 2. The standard InChI is InChI=1S/C17H17ClN4O2/c1-10(11-5-3-2-4-6-11)22-15-7-12(18)9-20-13(15)8-14(16(22)23)21-17(19)24/h2-7,9-10,14H,8H2,1H3,(H3,19,21,24)/t10-,14+/m0/s1. The number of nitrogens with one attached hydrogen (secondary N) is 1. The molecule has 7 heteroatoms. The molecule has 2 heterocycles. The number of benzene rings is 1. The minimum atomic E-state index is -0.741. The number of pyridine rings is 1. The van der Waals surface area contributed by atoms with Crippen LogP contribution in [0.25, 0.3) is 0 Å². The molecule has 24 heavy (non-hydrogen) atoms. The second-order valence-corrected chi connectivity index (χ2v) is 6.12. The molecule has 124 valence electrons. The Balaban J connectivity index is 2.06. The molecule has 0 saturated carbocycles. The van der Waals surface area contributed by atoms with Gasteiger partial charge in [0.05, 0.1) is 22.4 Å². The molecule has 2 aromatic rings. The maximum Gasteiger partial charge on any atom is 0.312 e. The molecule has 0 bridgehead atoms. The first-order chi connectivity index (χ1) is 11.5. The third kappa shape index (κ3) is 3.05. The van der Waals surface area contributed by atoms with Gasteiger partial charge in [-0.1, -0.05) is 41.9 Å². The first kappa shape index (κ1) is 16.3. The molecule has 3 amide bonds. The summed E-state index contributed by atoms with van der Waals surface area (Å²) in [5.41, 5.74) is 7.52. The van der Waals surface area contributed by atoms with Crippen molar-refractivity contribution in [1.29, 1.82) is 0 Å². The van der Waals surface area contributed by atoms with E-state index in [1.54, 1.807) is 11.0 Å². The summed E-state index contributed by atoms with van der Waals surface area (Å²) in [6, 6.07) is 9.64. The monoisotopic (exact) mass is 344 g/mol. The highest BCUT2D eigenvalue weighted by molar-refractivity contribution is 6.30. The Morgan fingerprint density at radius 3 is 2.79 bits per heavy atom. The summed E-state index contributed by atoms with van der Waals surface area (Å²) < 4.78 is 0. The van der Waals surface area contributed by atoms with Gasteiger partial charge in [-0.2, -0.15) is 0 Å². The Bertz CT molecular complexity index is 781. The van der Waals surface area contributed by atoms with Crippen molar-refractivity contribution in [2.24, 2.45) is 5.73 Å². The Hall–Kier alpha value is -2.60. The molecule has 0 spiro atoms. The van der Waals surface area contributed by atoms with Crippen molar-refractivity contribution >= 4 is 29.2 Å². The van der Waals surface area contributed by atoms with Crippen LogP contribution in [0.4, 0.5) is 10.5 Å². The number of nitrogens with zero attached hydrogens (tertiary/aromatic N) is 2. The zero-order valence-electron chi connectivity index (χ0n) is 13.1. The van der Waals surface area contributed by atoms with Gasteiger partial charge in [-0.25, -0.2) is 4.79 Å². The van der Waals surface area contributed by atoms with Crippen LogP contribution in [-0.2, 0) is 11.2 Å². The molecule has 1 aromatic carbocycles. The van der Waals surface area contributed by atoms with Crippen molar-refractivity contribution in [3.8, 4) is 0 Å². The SMILES string of the molecule is C[C@@H](c1ccccc1)N1C(=O)[C@H](NC(N)=O)Cc2ncc(Cl)cc21. The van der Waals surface area contributed by atoms with Crippen LogP contribution >= 0.6 is 11.6 Å². The van der Waals surface area contributed by atoms with Crippen LogP contribution in [0, 0.1) is 0 Å². The van der Waals surface area contributed by atoms with Crippen molar-refractivity contribution in [2.75, 3.05) is 4.90 Å². The average Bonchev–Trinajstić information content (AvgIpc) is 2.56. The quantitative estimate of drug-likeness (QED) is 0.896. The lowest BCUT2D eigenvalue weighted by atomic mass is 9.97. The lowest BCUT2D eigenvalue weighted by molar-refractivity contribution is -0.121. The number of urea groups is 1. The number of carbonyl (C=O) groups excluding carboxylic acids is 2. The summed E-state index contributed by atoms with van der Waals surface area (Å²) in [6.07, 6.45) is 1.81. The highest BCUT2D eigenvalue weighted by Crippen LogP contribution is 2.35. The first-order valence-corrected chi connectivity index (χ1v) is 7.93. The molecule has 0 fully saturated rings. The Labute approximate surface area is 144 Å². The number of anilines is 1. The highest BCUT2D eigenvalue weighted by atomic mass is 35.5. The third-order valence-electron chi connectivity index (χ3n) is 4.09. The molecule has 3 rings (SSSR count). The Morgan fingerprint density at radius 1 is 1.42 bits per heavy atom. The summed E-state index contributed by atoms with van der Waals surface area (Å²) in [6.45, 7) is 1.92. The number of nitrogens with two attached hydrogens (primary N) is 1. The minimum absolute atomic E-state index is 0.235. The van der Waals surface area contributed by atoms with Gasteiger partial charge in [-0.3, -0.25) is 9.78 Å². The molecule has 1 aliphatic heterocycles. The van der Waals surface area contributed by atoms with Gasteiger partial charge in [-0.05, 0) is 18.6 Å². The van der Waals surface area contributed by atoms with Crippen LogP contribution in [0.2, 0.25) is 5.02 Å². The molecular formula is C17H17ClN4O2. The van der Waals surface area contributed by atoms with Crippen LogP contribution in [0.5, 0.6) is 0 Å². The van der Waals surface area contributed by atoms with Crippen LogP contribution in [0.1, 0.15) is 24.2 Å². The second kappa shape index (κ2) is 6.49.